The summed E-state index contributed by atoms with van der Waals surface area (Å²) in [4.78, 5) is 56.1. The number of fused-ring (bicyclic) bond motifs is 2. The summed E-state index contributed by atoms with van der Waals surface area (Å²) in [5.41, 5.74) is -5.21. The molecule has 2 rings (SSSR count). The van der Waals surface area contributed by atoms with Crippen molar-refractivity contribution in [2.24, 2.45) is 0 Å². The van der Waals surface area contributed by atoms with Crippen LogP contribution in [0.4, 0.5) is 19.2 Å². The van der Waals surface area contributed by atoms with E-state index in [1.165, 1.54) is 49.6 Å². The molecule has 0 aromatic rings. The highest BCUT2D eigenvalue weighted by Crippen LogP contribution is 2.49. The van der Waals surface area contributed by atoms with Gasteiger partial charge in [-0.05, 0) is 115 Å². The van der Waals surface area contributed by atoms with Crippen molar-refractivity contribution >= 4 is 64.2 Å². The highest BCUT2D eigenvalue weighted by molar-refractivity contribution is 9.09. The molecule has 2 aliphatic rings. The van der Waals surface area contributed by atoms with E-state index in [-0.39, 0.29) is 21.9 Å². The molecule has 0 heterocycles. The molecular formula is C39H55NO11S3Si. The molecule has 16 heteroatoms. The maximum atomic E-state index is 14.4. The standard InChI is InChI=1S/C39H55NO11S3Si/c1-35(2,3)48-31(41)40(32(42)49-36(4,5)6)30-28(47-34(44)50-37(7,8)9)25-39(51-55(15,16)38(10,11)12)23-20-18-17-19-21-27(46-33(43)45-13)29(30)26(39)22-24-53-54-52-14/h17-18,22,25,27H,24H2,1-16H3/b18-17-,26-22?/t27-,39-/m1/s1. The number of imide groups is 1. The normalized spacial score (nSPS) is 20.0. The lowest BCUT2D eigenvalue weighted by Crippen LogP contribution is -2.53. The van der Waals surface area contributed by atoms with E-state index in [1.54, 1.807) is 68.4 Å². The minimum Gasteiger partial charge on any atom is -0.443 e. The van der Waals surface area contributed by atoms with Crippen molar-refractivity contribution in [3.8, 4) is 23.7 Å². The van der Waals surface area contributed by atoms with Crippen LogP contribution in [0, 0.1) is 23.7 Å². The molecule has 12 nitrogen and oxygen atoms in total. The molecular weight excluding hydrogens is 783 g/mol. The number of hydrogen-bond donors (Lipinski definition) is 0. The zero-order valence-electron chi connectivity index (χ0n) is 34.8. The summed E-state index contributed by atoms with van der Waals surface area (Å²) in [6, 6.07) is 0. The summed E-state index contributed by atoms with van der Waals surface area (Å²) in [5, 5.41) is -0.381. The molecule has 0 radical (unpaired) electrons. The Hall–Kier alpha value is -3.41. The summed E-state index contributed by atoms with van der Waals surface area (Å²) < 4.78 is 41.1. The van der Waals surface area contributed by atoms with Gasteiger partial charge in [-0.15, -0.1) is 0 Å². The monoisotopic (exact) mass is 837 g/mol. The Morgan fingerprint density at radius 2 is 1.40 bits per heavy atom. The van der Waals surface area contributed by atoms with E-state index in [9.17, 15) is 19.2 Å². The third-order valence-corrected chi connectivity index (χ3v) is 15.7. The molecule has 0 saturated carbocycles. The number of carbonyl (C=O) groups is 4. The molecule has 0 fully saturated rings. The van der Waals surface area contributed by atoms with Crippen LogP contribution in [0.3, 0.4) is 0 Å². The van der Waals surface area contributed by atoms with Crippen molar-refractivity contribution in [3.63, 3.8) is 0 Å². The number of rotatable bonds is 9. The zero-order valence-corrected chi connectivity index (χ0v) is 38.2. The maximum absolute atomic E-state index is 14.4. The van der Waals surface area contributed by atoms with E-state index < -0.39 is 67.1 Å². The van der Waals surface area contributed by atoms with Crippen LogP contribution in [0.25, 0.3) is 0 Å². The van der Waals surface area contributed by atoms with Crippen LogP contribution in [0.5, 0.6) is 0 Å². The number of hydrogen-bond acceptors (Lipinski definition) is 14. The van der Waals surface area contributed by atoms with Crippen LogP contribution in [0.1, 0.15) is 83.1 Å². The Labute approximate surface area is 339 Å². The van der Waals surface area contributed by atoms with Gasteiger partial charge in [0.25, 0.3) is 0 Å². The van der Waals surface area contributed by atoms with Gasteiger partial charge >= 0.3 is 24.5 Å². The first-order chi connectivity index (χ1) is 25.1. The van der Waals surface area contributed by atoms with Crippen molar-refractivity contribution in [2.75, 3.05) is 19.1 Å². The molecule has 2 amide bonds. The van der Waals surface area contributed by atoms with Gasteiger partial charge in [-0.25, -0.2) is 19.2 Å². The fourth-order valence-corrected chi connectivity index (χ4v) is 8.23. The Bertz CT molecular complexity index is 1710. The van der Waals surface area contributed by atoms with Gasteiger partial charge in [0, 0.05) is 23.0 Å². The molecule has 55 heavy (non-hydrogen) atoms. The van der Waals surface area contributed by atoms with Crippen LogP contribution in [0.15, 0.2) is 46.9 Å². The number of methoxy groups -OCH3 is 1. The van der Waals surface area contributed by atoms with Gasteiger partial charge in [-0.3, -0.25) is 0 Å². The second kappa shape index (κ2) is 18.7. The van der Waals surface area contributed by atoms with Gasteiger partial charge in [0.1, 0.15) is 22.5 Å². The van der Waals surface area contributed by atoms with Crippen LogP contribution >= 0.6 is 31.4 Å². The number of nitrogens with zero attached hydrogens (tertiary/aromatic N) is 1. The maximum Gasteiger partial charge on any atom is 0.514 e. The number of ether oxygens (including phenoxy) is 6. The molecule has 2 aliphatic carbocycles. The van der Waals surface area contributed by atoms with Crippen molar-refractivity contribution < 1.29 is 52.0 Å². The van der Waals surface area contributed by atoms with Crippen LogP contribution in [-0.2, 0) is 32.8 Å². The summed E-state index contributed by atoms with van der Waals surface area (Å²) in [5.74, 6) is 11.9. The predicted molar refractivity (Wildman–Crippen MR) is 221 cm³/mol. The number of carbonyl (C=O) groups excluding carboxylic acids is 4. The number of amides is 2. The summed E-state index contributed by atoms with van der Waals surface area (Å²) >= 11 is 0. The smallest absolute Gasteiger partial charge is 0.443 e. The van der Waals surface area contributed by atoms with Crippen LogP contribution < -0.4 is 0 Å². The van der Waals surface area contributed by atoms with Gasteiger partial charge in [0.15, 0.2) is 25.8 Å². The van der Waals surface area contributed by atoms with Crippen molar-refractivity contribution in [1.82, 2.24) is 4.90 Å². The molecule has 0 aliphatic heterocycles. The summed E-state index contributed by atoms with van der Waals surface area (Å²) in [7, 11) is 2.81. The van der Waals surface area contributed by atoms with Crippen LogP contribution in [0.2, 0.25) is 18.1 Å². The first kappa shape index (κ1) is 47.7. The molecule has 304 valence electrons. The molecule has 0 saturated heterocycles. The van der Waals surface area contributed by atoms with Gasteiger partial charge < -0.3 is 32.8 Å². The van der Waals surface area contributed by atoms with E-state index in [2.05, 4.69) is 23.7 Å². The van der Waals surface area contributed by atoms with E-state index in [1.807, 2.05) is 40.1 Å². The average molecular weight is 838 g/mol. The number of allylic oxidation sites excluding steroid dienone is 2. The fourth-order valence-electron chi connectivity index (χ4n) is 4.48. The molecule has 0 aromatic heterocycles. The second-order valence-electron chi connectivity index (χ2n) is 16.7. The molecule has 0 spiro atoms. The third kappa shape index (κ3) is 14.2. The van der Waals surface area contributed by atoms with Crippen molar-refractivity contribution in [2.45, 2.75) is 130 Å². The van der Waals surface area contributed by atoms with E-state index in [0.29, 0.717) is 10.7 Å². The van der Waals surface area contributed by atoms with E-state index in [0.717, 1.165) is 7.11 Å². The minimum atomic E-state index is -2.86. The Morgan fingerprint density at radius 3 is 1.89 bits per heavy atom. The third-order valence-electron chi connectivity index (χ3n) is 7.53. The molecule has 0 N–H and O–H groups in total. The highest BCUT2D eigenvalue weighted by Gasteiger charge is 2.53. The Morgan fingerprint density at radius 1 is 0.855 bits per heavy atom. The van der Waals surface area contributed by atoms with Gasteiger partial charge in [-0.1, -0.05) is 66.2 Å². The Balaban J connectivity index is 3.45. The van der Waals surface area contributed by atoms with Gasteiger partial charge in [0.2, 0.25) is 0 Å². The largest absolute Gasteiger partial charge is 0.514 e. The lowest BCUT2D eigenvalue weighted by atomic mass is 9.79. The first-order valence-corrected chi connectivity index (χ1v) is 24.3. The molecule has 0 aromatic carbocycles. The SMILES string of the molecule is COC(=O)O[C@@H]1C#C/C=C\C#C[C@@]2(O[Si](C)(C)C(C)(C)C)C=C(OC(=O)OC(C)(C)C)C(N(C(=O)OC(C)(C)C)C(=O)OC(C)(C)C)=C1C2=CCSSSC. The Kier molecular flexibility index (Phi) is 16.2. The highest BCUT2D eigenvalue weighted by atomic mass is 33.5. The summed E-state index contributed by atoms with van der Waals surface area (Å²) in [6.07, 6.45) is 1.84. The van der Waals surface area contributed by atoms with E-state index >= 15 is 0 Å². The first-order valence-electron chi connectivity index (χ1n) is 17.4. The molecule has 2 atom stereocenters. The lowest BCUT2D eigenvalue weighted by Gasteiger charge is -2.46. The van der Waals surface area contributed by atoms with Crippen LogP contribution in [-0.4, -0.2) is 85.3 Å². The minimum absolute atomic E-state index is 0.0752. The zero-order chi connectivity index (χ0) is 42.2. The van der Waals surface area contributed by atoms with Gasteiger partial charge in [-0.2, -0.15) is 4.90 Å². The van der Waals surface area contributed by atoms with E-state index in [4.69, 9.17) is 32.8 Å². The second-order valence-corrected chi connectivity index (χ2v) is 25.8. The van der Waals surface area contributed by atoms with Gasteiger partial charge in [0.05, 0.1) is 7.11 Å². The van der Waals surface area contributed by atoms with Crippen molar-refractivity contribution in [1.29, 1.82) is 0 Å². The summed E-state index contributed by atoms with van der Waals surface area (Å²) in [6.45, 7) is 24.8. The van der Waals surface area contributed by atoms with Crippen molar-refractivity contribution in [3.05, 3.63) is 46.9 Å². The fraction of sp³-hybridized carbons (Fsp3) is 0.590. The lowest BCUT2D eigenvalue weighted by molar-refractivity contribution is -0.00400. The quantitative estimate of drug-likeness (QED) is 0.0544. The topological polar surface area (TPSA) is 136 Å². The molecule has 2 bridgehead atoms. The molecule has 0 unspecified atom stereocenters. The predicted octanol–water partition coefficient (Wildman–Crippen LogP) is 10.3. The average Bonchev–Trinajstić information content (AvgIpc) is 2.98.